The fourth-order valence-electron chi connectivity index (χ4n) is 1.25. The third-order valence-corrected chi connectivity index (χ3v) is 2.84. The van der Waals surface area contributed by atoms with Crippen LogP contribution in [0.5, 0.6) is 0 Å². The number of aromatic nitrogens is 2. The van der Waals surface area contributed by atoms with Gasteiger partial charge in [0, 0.05) is 6.54 Å². The maximum absolute atomic E-state index is 11.8. The minimum Gasteiger partial charge on any atom is -0.351 e. The third kappa shape index (κ3) is 3.41. The number of carbonyl (C=O) groups is 1. The van der Waals surface area contributed by atoms with Gasteiger partial charge in [0.15, 0.2) is 0 Å². The summed E-state index contributed by atoms with van der Waals surface area (Å²) in [6.45, 7) is 6.63. The summed E-state index contributed by atoms with van der Waals surface area (Å²) in [5.41, 5.74) is 0.786. The van der Waals surface area contributed by atoms with Crippen LogP contribution < -0.4 is 5.32 Å². The van der Waals surface area contributed by atoms with Crippen LogP contribution in [0.3, 0.4) is 0 Å². The highest BCUT2D eigenvalue weighted by Gasteiger charge is 2.17. The predicted octanol–water partition coefficient (Wildman–Crippen LogP) is 2.36. The van der Waals surface area contributed by atoms with Gasteiger partial charge in [0.05, 0.1) is 5.69 Å². The minimum atomic E-state index is -0.0665. The lowest BCUT2D eigenvalue weighted by atomic mass is 10.1. The summed E-state index contributed by atoms with van der Waals surface area (Å²) >= 11 is 1.16. The van der Waals surface area contributed by atoms with Crippen molar-refractivity contribution in [3.8, 4) is 0 Å². The molecule has 0 spiro atoms. The van der Waals surface area contributed by atoms with Gasteiger partial charge in [-0.25, -0.2) is 0 Å². The molecule has 88 valence electrons. The summed E-state index contributed by atoms with van der Waals surface area (Å²) in [5, 5.41) is 6.83. The molecule has 0 aliphatic carbocycles. The molecular formula is C11H17N3OS. The number of hydrogen-bond acceptors (Lipinski definition) is 4. The molecule has 5 heteroatoms. The largest absolute Gasteiger partial charge is 0.351 e. The molecule has 0 atom stereocenters. The summed E-state index contributed by atoms with van der Waals surface area (Å²) in [4.78, 5) is 12.4. The van der Waals surface area contributed by atoms with Crippen LogP contribution in [0, 0.1) is 0 Å². The third-order valence-electron chi connectivity index (χ3n) is 2.10. The van der Waals surface area contributed by atoms with E-state index >= 15 is 0 Å². The molecule has 0 saturated carbocycles. The molecule has 0 saturated heterocycles. The van der Waals surface area contributed by atoms with Gasteiger partial charge in [0.25, 0.3) is 5.91 Å². The second-order valence-electron chi connectivity index (χ2n) is 3.76. The summed E-state index contributed by atoms with van der Waals surface area (Å²) in [6, 6.07) is 0. The number of carbonyl (C=O) groups excluding carboxylic acids is 1. The van der Waals surface area contributed by atoms with Crippen LogP contribution in [0.4, 0.5) is 0 Å². The van der Waals surface area contributed by atoms with Gasteiger partial charge in [0.2, 0.25) is 0 Å². The van der Waals surface area contributed by atoms with Crippen LogP contribution in [0.1, 0.15) is 48.5 Å². The van der Waals surface area contributed by atoms with Crippen molar-refractivity contribution < 1.29 is 4.79 Å². The van der Waals surface area contributed by atoms with Gasteiger partial charge in [0.1, 0.15) is 4.88 Å². The quantitative estimate of drug-likeness (QED) is 0.634. The van der Waals surface area contributed by atoms with Crippen molar-refractivity contribution >= 4 is 17.4 Å². The zero-order valence-corrected chi connectivity index (χ0v) is 10.7. The predicted molar refractivity (Wildman–Crippen MR) is 65.8 cm³/mol. The highest BCUT2D eigenvalue weighted by Crippen LogP contribution is 2.19. The molecule has 1 amide bonds. The first kappa shape index (κ1) is 12.8. The Bertz CT molecular complexity index is 371. The van der Waals surface area contributed by atoms with Crippen LogP contribution >= 0.6 is 11.5 Å². The van der Waals surface area contributed by atoms with Crippen molar-refractivity contribution in [2.24, 2.45) is 0 Å². The second-order valence-corrected chi connectivity index (χ2v) is 4.51. The lowest BCUT2D eigenvalue weighted by Gasteiger charge is -2.04. The molecule has 1 N–H and O–H groups in total. The molecule has 0 aromatic carbocycles. The molecule has 0 unspecified atom stereocenters. The van der Waals surface area contributed by atoms with Crippen LogP contribution in [0.25, 0.3) is 0 Å². The fourth-order valence-corrected chi connectivity index (χ4v) is 1.98. The minimum absolute atomic E-state index is 0.0665. The molecule has 16 heavy (non-hydrogen) atoms. The summed E-state index contributed by atoms with van der Waals surface area (Å²) in [7, 11) is 0. The Morgan fingerprint density at radius 3 is 2.94 bits per heavy atom. The summed E-state index contributed by atoms with van der Waals surface area (Å²) in [5.74, 6) is 0.165. The van der Waals surface area contributed by atoms with Crippen molar-refractivity contribution in [2.75, 3.05) is 6.54 Å². The van der Waals surface area contributed by atoms with Crippen molar-refractivity contribution in [3.05, 3.63) is 22.7 Å². The van der Waals surface area contributed by atoms with Crippen molar-refractivity contribution in [2.45, 2.75) is 33.1 Å². The van der Waals surface area contributed by atoms with Crippen molar-refractivity contribution in [1.82, 2.24) is 14.9 Å². The van der Waals surface area contributed by atoms with Crippen LogP contribution in [0.15, 0.2) is 12.2 Å². The van der Waals surface area contributed by atoms with Gasteiger partial charge in [-0.15, -0.1) is 5.10 Å². The van der Waals surface area contributed by atoms with E-state index in [0.717, 1.165) is 23.6 Å². The molecule has 1 heterocycles. The number of hydrogen-bond donors (Lipinski definition) is 1. The van der Waals surface area contributed by atoms with E-state index in [-0.39, 0.29) is 11.8 Å². The number of allylic oxidation sites excluding steroid dienone is 1. The van der Waals surface area contributed by atoms with Gasteiger partial charge in [-0.05, 0) is 30.8 Å². The maximum atomic E-state index is 11.8. The van der Waals surface area contributed by atoms with E-state index in [0.29, 0.717) is 11.4 Å². The molecule has 0 bridgehead atoms. The van der Waals surface area contributed by atoms with E-state index in [1.165, 1.54) is 0 Å². The first-order valence-electron chi connectivity index (χ1n) is 5.38. The lowest BCUT2D eigenvalue weighted by molar-refractivity contribution is 0.0957. The molecule has 1 aromatic heterocycles. The van der Waals surface area contributed by atoms with Gasteiger partial charge in [-0.1, -0.05) is 30.5 Å². The van der Waals surface area contributed by atoms with Crippen LogP contribution in [0.2, 0.25) is 0 Å². The van der Waals surface area contributed by atoms with E-state index in [2.05, 4.69) is 14.9 Å². The molecule has 0 radical (unpaired) electrons. The fraction of sp³-hybridized carbons (Fsp3) is 0.545. The van der Waals surface area contributed by atoms with Gasteiger partial charge < -0.3 is 5.32 Å². The van der Waals surface area contributed by atoms with E-state index in [4.69, 9.17) is 0 Å². The Labute approximate surface area is 99.9 Å². The Kier molecular flexibility index (Phi) is 5.11. The molecule has 4 nitrogen and oxygen atoms in total. The maximum Gasteiger partial charge on any atom is 0.264 e. The highest BCUT2D eigenvalue weighted by atomic mass is 32.1. The topological polar surface area (TPSA) is 54.9 Å². The number of nitrogens with one attached hydrogen (secondary N) is 1. The van der Waals surface area contributed by atoms with Crippen LogP contribution in [-0.4, -0.2) is 22.0 Å². The Balaban J connectivity index is 2.56. The Morgan fingerprint density at radius 1 is 1.56 bits per heavy atom. The van der Waals surface area contributed by atoms with E-state index in [1.54, 1.807) is 0 Å². The Morgan fingerprint density at radius 2 is 2.31 bits per heavy atom. The Hall–Kier alpha value is -1.23. The summed E-state index contributed by atoms with van der Waals surface area (Å²) in [6.07, 6.45) is 4.85. The smallest absolute Gasteiger partial charge is 0.264 e. The van der Waals surface area contributed by atoms with Gasteiger partial charge in [-0.2, -0.15) is 0 Å². The first-order chi connectivity index (χ1) is 7.66. The van der Waals surface area contributed by atoms with E-state index < -0.39 is 0 Å². The second kappa shape index (κ2) is 6.37. The van der Waals surface area contributed by atoms with E-state index in [9.17, 15) is 4.79 Å². The lowest BCUT2D eigenvalue weighted by Crippen LogP contribution is -2.24. The van der Waals surface area contributed by atoms with E-state index in [1.807, 2.05) is 32.9 Å². The standard InChI is InChI=1S/C11H17N3OS/c1-4-5-6-7-12-11(15)10-9(8(2)3)13-14-16-10/h4-5,8H,6-7H2,1-3H3,(H,12,15)/b5-4+. The average Bonchev–Trinajstić information content (AvgIpc) is 2.73. The normalized spacial score (nSPS) is 11.2. The molecule has 1 aromatic rings. The average molecular weight is 239 g/mol. The molecule has 0 aliphatic rings. The number of rotatable bonds is 5. The van der Waals surface area contributed by atoms with Crippen LogP contribution in [-0.2, 0) is 0 Å². The summed E-state index contributed by atoms with van der Waals surface area (Å²) < 4.78 is 3.83. The van der Waals surface area contributed by atoms with Gasteiger partial charge >= 0.3 is 0 Å². The SMILES string of the molecule is C/C=C/CCNC(=O)c1snnc1C(C)C. The van der Waals surface area contributed by atoms with Crippen molar-refractivity contribution in [1.29, 1.82) is 0 Å². The number of amides is 1. The molecule has 0 fully saturated rings. The molecule has 0 aliphatic heterocycles. The number of nitrogens with zero attached hydrogens (tertiary/aromatic N) is 2. The first-order valence-corrected chi connectivity index (χ1v) is 6.15. The highest BCUT2D eigenvalue weighted by molar-refractivity contribution is 7.08. The van der Waals surface area contributed by atoms with Gasteiger partial charge in [-0.3, -0.25) is 4.79 Å². The zero-order chi connectivity index (χ0) is 12.0. The zero-order valence-electron chi connectivity index (χ0n) is 9.86. The molecular weight excluding hydrogens is 222 g/mol. The monoisotopic (exact) mass is 239 g/mol. The van der Waals surface area contributed by atoms with Crippen molar-refractivity contribution in [3.63, 3.8) is 0 Å². The molecule has 1 rings (SSSR count).